The second kappa shape index (κ2) is 10.8. The molecular formula is C26H31N3O2. The van der Waals surface area contributed by atoms with Gasteiger partial charge >= 0.3 is 0 Å². The van der Waals surface area contributed by atoms with Crippen LogP contribution in [-0.4, -0.2) is 40.7 Å². The van der Waals surface area contributed by atoms with E-state index in [0.717, 1.165) is 47.4 Å². The van der Waals surface area contributed by atoms with Crippen molar-refractivity contribution in [2.45, 2.75) is 52.2 Å². The van der Waals surface area contributed by atoms with Crippen molar-refractivity contribution in [2.24, 2.45) is 4.99 Å². The Kier molecular flexibility index (Phi) is 7.90. The second-order valence-electron chi connectivity index (χ2n) is 7.89. The molecule has 31 heavy (non-hydrogen) atoms. The second-order valence-corrected chi connectivity index (χ2v) is 7.89. The van der Waals surface area contributed by atoms with Gasteiger partial charge in [-0.25, -0.2) is 4.99 Å². The fourth-order valence-corrected chi connectivity index (χ4v) is 3.98. The summed E-state index contributed by atoms with van der Waals surface area (Å²) in [6, 6.07) is 14.2. The summed E-state index contributed by atoms with van der Waals surface area (Å²) >= 11 is 0. The molecule has 0 spiro atoms. The Bertz CT molecular complexity index is 1040. The largest absolute Gasteiger partial charge is 0.390 e. The molecule has 0 aliphatic rings. The zero-order valence-electron chi connectivity index (χ0n) is 18.6. The first-order valence-electron chi connectivity index (χ1n) is 10.9. The fourth-order valence-electron chi connectivity index (χ4n) is 3.98. The first-order chi connectivity index (χ1) is 15.1. The summed E-state index contributed by atoms with van der Waals surface area (Å²) < 4.78 is 0. The Labute approximate surface area is 184 Å². The van der Waals surface area contributed by atoms with Gasteiger partial charge in [0.1, 0.15) is 0 Å². The third-order valence-corrected chi connectivity index (χ3v) is 5.74. The molecule has 0 saturated heterocycles. The lowest BCUT2D eigenvalue weighted by Crippen LogP contribution is -2.29. The monoisotopic (exact) mass is 417 g/mol. The van der Waals surface area contributed by atoms with Gasteiger partial charge in [0.25, 0.3) is 0 Å². The smallest absolute Gasteiger partial charge is 0.152 e. The topological polar surface area (TPSA) is 65.8 Å². The molecule has 0 radical (unpaired) electrons. The standard InChI is InChI=1S/C26H31N3O2/c1-4-8-23(5-2)29(3)18-28-26-21(16-30)14-20(24-9-6-7-10-25(24)26)13-19-11-12-22(17-31)27-15-19/h6-7,9-12,14-16,18,23,31H,4-5,8,13,17H2,1-3H3. The molecule has 0 saturated carbocycles. The summed E-state index contributed by atoms with van der Waals surface area (Å²) in [5, 5.41) is 11.3. The van der Waals surface area contributed by atoms with Gasteiger partial charge in [-0.1, -0.05) is 50.6 Å². The van der Waals surface area contributed by atoms with Crippen molar-refractivity contribution in [1.82, 2.24) is 9.88 Å². The maximum atomic E-state index is 12.0. The molecule has 2 aromatic carbocycles. The fraction of sp³-hybridized carbons (Fsp3) is 0.346. The molecule has 3 rings (SSSR count). The average molecular weight is 418 g/mol. The number of nitrogens with zero attached hydrogens (tertiary/aromatic N) is 3. The minimum Gasteiger partial charge on any atom is -0.390 e. The molecule has 1 heterocycles. The van der Waals surface area contributed by atoms with Gasteiger partial charge in [-0.15, -0.1) is 0 Å². The van der Waals surface area contributed by atoms with Crippen LogP contribution < -0.4 is 0 Å². The van der Waals surface area contributed by atoms with E-state index in [1.165, 1.54) is 0 Å². The van der Waals surface area contributed by atoms with Crippen molar-refractivity contribution < 1.29 is 9.90 Å². The van der Waals surface area contributed by atoms with Gasteiger partial charge in [0.05, 0.1) is 24.3 Å². The van der Waals surface area contributed by atoms with E-state index in [9.17, 15) is 9.90 Å². The zero-order valence-corrected chi connectivity index (χ0v) is 18.6. The number of rotatable bonds is 10. The summed E-state index contributed by atoms with van der Waals surface area (Å²) in [5.41, 5.74) is 4.02. The summed E-state index contributed by atoms with van der Waals surface area (Å²) in [6.07, 6.45) is 8.47. The summed E-state index contributed by atoms with van der Waals surface area (Å²) in [7, 11) is 2.05. The van der Waals surface area contributed by atoms with Gasteiger partial charge < -0.3 is 10.0 Å². The molecule has 0 bridgehead atoms. The molecule has 0 fully saturated rings. The van der Waals surface area contributed by atoms with Gasteiger partial charge in [0, 0.05) is 30.2 Å². The van der Waals surface area contributed by atoms with Crippen LogP contribution in [0.1, 0.15) is 60.3 Å². The molecule has 0 aliphatic carbocycles. The zero-order chi connectivity index (χ0) is 22.2. The van der Waals surface area contributed by atoms with Crippen LogP contribution in [0.4, 0.5) is 5.69 Å². The number of carbonyl (C=O) groups excluding carboxylic acids is 1. The molecule has 1 N–H and O–H groups in total. The Balaban J connectivity index is 2.00. The van der Waals surface area contributed by atoms with Crippen molar-refractivity contribution in [3.63, 3.8) is 0 Å². The highest BCUT2D eigenvalue weighted by Crippen LogP contribution is 2.33. The van der Waals surface area contributed by atoms with E-state index in [1.807, 2.05) is 49.8 Å². The van der Waals surface area contributed by atoms with Crippen LogP contribution >= 0.6 is 0 Å². The molecule has 5 nitrogen and oxygen atoms in total. The molecule has 0 amide bonds. The van der Waals surface area contributed by atoms with Crippen molar-refractivity contribution in [2.75, 3.05) is 7.05 Å². The Morgan fingerprint density at radius 3 is 2.55 bits per heavy atom. The quantitative estimate of drug-likeness (QED) is 0.276. The number of aromatic nitrogens is 1. The van der Waals surface area contributed by atoms with E-state index in [0.29, 0.717) is 29.4 Å². The molecule has 1 atom stereocenters. The van der Waals surface area contributed by atoms with Crippen LogP contribution in [0.3, 0.4) is 0 Å². The van der Waals surface area contributed by atoms with Crippen molar-refractivity contribution in [3.8, 4) is 0 Å². The van der Waals surface area contributed by atoms with Crippen LogP contribution in [-0.2, 0) is 13.0 Å². The SMILES string of the molecule is CCCC(CC)N(C)C=Nc1c(C=O)cc(Cc2ccc(CO)nc2)c2ccccc12. The number of pyridine rings is 1. The van der Waals surface area contributed by atoms with Gasteiger partial charge in [-0.05, 0) is 47.9 Å². The lowest BCUT2D eigenvalue weighted by Gasteiger charge is -2.24. The van der Waals surface area contributed by atoms with Crippen LogP contribution in [0.2, 0.25) is 0 Å². The van der Waals surface area contributed by atoms with E-state index in [2.05, 4.69) is 29.8 Å². The summed E-state index contributed by atoms with van der Waals surface area (Å²) in [4.78, 5) is 23.1. The molecule has 1 aromatic heterocycles. The van der Waals surface area contributed by atoms with Gasteiger partial charge in [-0.2, -0.15) is 0 Å². The number of aliphatic hydroxyl groups excluding tert-OH is 1. The first kappa shape index (κ1) is 22.6. The normalized spacial score (nSPS) is 12.4. The van der Waals surface area contributed by atoms with Gasteiger partial charge in [0.15, 0.2) is 6.29 Å². The Morgan fingerprint density at radius 1 is 1.16 bits per heavy atom. The number of hydrogen-bond acceptors (Lipinski definition) is 4. The first-order valence-corrected chi connectivity index (χ1v) is 10.9. The Hall–Kier alpha value is -3.05. The van der Waals surface area contributed by atoms with E-state index in [4.69, 9.17) is 4.99 Å². The molecule has 5 heteroatoms. The van der Waals surface area contributed by atoms with Crippen molar-refractivity contribution >= 4 is 29.1 Å². The number of aliphatic imine (C=N–C) groups is 1. The maximum absolute atomic E-state index is 12.0. The number of fused-ring (bicyclic) bond motifs is 1. The molecular weight excluding hydrogens is 386 g/mol. The number of hydrogen-bond donors (Lipinski definition) is 1. The maximum Gasteiger partial charge on any atom is 0.152 e. The lowest BCUT2D eigenvalue weighted by atomic mass is 9.95. The minimum atomic E-state index is -0.0726. The van der Waals surface area contributed by atoms with Crippen molar-refractivity contribution in [3.05, 3.63) is 71.0 Å². The number of carbonyl (C=O) groups is 1. The third kappa shape index (κ3) is 5.36. The van der Waals surface area contributed by atoms with Gasteiger partial charge in [-0.3, -0.25) is 9.78 Å². The number of aldehydes is 1. The predicted octanol–water partition coefficient (Wildman–Crippen LogP) is 5.30. The summed E-state index contributed by atoms with van der Waals surface area (Å²) in [6.45, 7) is 4.31. The predicted molar refractivity (Wildman–Crippen MR) is 127 cm³/mol. The highest BCUT2D eigenvalue weighted by atomic mass is 16.3. The number of benzene rings is 2. The molecule has 0 aliphatic heterocycles. The number of aliphatic hydroxyl groups is 1. The average Bonchev–Trinajstić information content (AvgIpc) is 2.81. The van der Waals surface area contributed by atoms with Crippen molar-refractivity contribution in [1.29, 1.82) is 0 Å². The van der Waals surface area contributed by atoms with E-state index >= 15 is 0 Å². The lowest BCUT2D eigenvalue weighted by molar-refractivity contribution is 0.112. The van der Waals surface area contributed by atoms with Crippen LogP contribution in [0.5, 0.6) is 0 Å². The highest BCUT2D eigenvalue weighted by Gasteiger charge is 2.13. The van der Waals surface area contributed by atoms with E-state index < -0.39 is 0 Å². The Morgan fingerprint density at radius 2 is 1.94 bits per heavy atom. The molecule has 1 unspecified atom stereocenters. The van der Waals surface area contributed by atoms with Crippen LogP contribution in [0, 0.1) is 0 Å². The van der Waals surface area contributed by atoms with Crippen LogP contribution in [0.25, 0.3) is 10.8 Å². The van der Waals surface area contributed by atoms with E-state index in [-0.39, 0.29) is 6.61 Å². The highest BCUT2D eigenvalue weighted by molar-refractivity contribution is 6.03. The van der Waals surface area contributed by atoms with Gasteiger partial charge in [0.2, 0.25) is 0 Å². The minimum absolute atomic E-state index is 0.0726. The third-order valence-electron chi connectivity index (χ3n) is 5.74. The van der Waals surface area contributed by atoms with E-state index in [1.54, 1.807) is 6.20 Å². The molecule has 162 valence electrons. The summed E-state index contributed by atoms with van der Waals surface area (Å²) in [5.74, 6) is 0. The van der Waals surface area contributed by atoms with Crippen LogP contribution in [0.15, 0.2) is 53.7 Å². The molecule has 3 aromatic rings.